The molecule has 0 radical (unpaired) electrons. The van der Waals surface area contributed by atoms with Gasteiger partial charge in [-0.1, -0.05) is 18.2 Å². The number of ether oxygens (including phenoxy) is 1. The topological polar surface area (TPSA) is 84.5 Å². The van der Waals surface area contributed by atoms with Crippen molar-refractivity contribution >= 4 is 27.3 Å². The summed E-state index contributed by atoms with van der Waals surface area (Å²) in [4.78, 5) is 12.7. The molecule has 0 aliphatic rings. The van der Waals surface area contributed by atoms with Gasteiger partial charge in [-0.25, -0.2) is 8.42 Å². The molecule has 0 bridgehead atoms. The Hall–Kier alpha value is -3.32. The van der Waals surface area contributed by atoms with Crippen LogP contribution in [0.1, 0.15) is 28.4 Å². The van der Waals surface area contributed by atoms with E-state index in [0.29, 0.717) is 29.3 Å². The lowest BCUT2D eigenvalue weighted by atomic mass is 10.1. The number of anilines is 2. The number of rotatable bonds is 7. The Morgan fingerprint density at radius 3 is 2.30 bits per heavy atom. The summed E-state index contributed by atoms with van der Waals surface area (Å²) in [7, 11) is -3.71. The van der Waals surface area contributed by atoms with Crippen molar-refractivity contribution in [3.05, 3.63) is 83.4 Å². The van der Waals surface area contributed by atoms with E-state index >= 15 is 0 Å². The summed E-state index contributed by atoms with van der Waals surface area (Å²) in [6.07, 6.45) is 0. The van der Waals surface area contributed by atoms with Gasteiger partial charge in [-0.05, 0) is 80.4 Å². The second kappa shape index (κ2) is 9.00. The Balaban J connectivity index is 1.73. The Kier molecular flexibility index (Phi) is 6.42. The molecule has 30 heavy (non-hydrogen) atoms. The first-order valence-corrected chi connectivity index (χ1v) is 11.0. The molecule has 3 aromatic rings. The molecule has 6 nitrogen and oxygen atoms in total. The number of sulfonamides is 1. The molecular weight excluding hydrogens is 400 g/mol. The Morgan fingerprint density at radius 2 is 1.63 bits per heavy atom. The quantitative estimate of drug-likeness (QED) is 0.573. The number of para-hydroxylation sites is 2. The average Bonchev–Trinajstić information content (AvgIpc) is 2.72. The third-order valence-electron chi connectivity index (χ3n) is 4.62. The smallest absolute Gasteiger partial charge is 0.261 e. The van der Waals surface area contributed by atoms with Crippen molar-refractivity contribution in [1.82, 2.24) is 0 Å². The van der Waals surface area contributed by atoms with Crippen LogP contribution in [0.4, 0.5) is 11.4 Å². The molecule has 3 rings (SSSR count). The van der Waals surface area contributed by atoms with Crippen molar-refractivity contribution in [2.24, 2.45) is 0 Å². The molecular formula is C23H24N2O4S. The number of nitrogens with one attached hydrogen (secondary N) is 2. The Bertz CT molecular complexity index is 1160. The third-order valence-corrected chi connectivity index (χ3v) is 6.00. The SMILES string of the molecule is CCOc1ccccc1NC(=O)c1ccc(NS(=O)(=O)c2ccc(C)c(C)c2)cc1. The first kappa shape index (κ1) is 21.4. The van der Waals surface area contributed by atoms with Crippen LogP contribution in [0.3, 0.4) is 0 Å². The highest BCUT2D eigenvalue weighted by Crippen LogP contribution is 2.25. The minimum Gasteiger partial charge on any atom is -0.492 e. The van der Waals surface area contributed by atoms with Crippen molar-refractivity contribution in [1.29, 1.82) is 0 Å². The summed E-state index contributed by atoms with van der Waals surface area (Å²) in [5.41, 5.74) is 3.27. The largest absolute Gasteiger partial charge is 0.492 e. The molecule has 0 fully saturated rings. The van der Waals surface area contributed by atoms with Gasteiger partial charge in [0.15, 0.2) is 0 Å². The van der Waals surface area contributed by atoms with Gasteiger partial charge in [0, 0.05) is 11.3 Å². The highest BCUT2D eigenvalue weighted by Gasteiger charge is 2.16. The summed E-state index contributed by atoms with van der Waals surface area (Å²) in [5, 5.41) is 2.81. The Morgan fingerprint density at radius 1 is 0.933 bits per heavy atom. The highest BCUT2D eigenvalue weighted by molar-refractivity contribution is 7.92. The molecule has 0 aliphatic carbocycles. The fraction of sp³-hybridized carbons (Fsp3) is 0.174. The van der Waals surface area contributed by atoms with Gasteiger partial charge in [0.25, 0.3) is 15.9 Å². The zero-order valence-corrected chi connectivity index (χ0v) is 17.9. The van der Waals surface area contributed by atoms with Gasteiger partial charge >= 0.3 is 0 Å². The number of hydrogen-bond donors (Lipinski definition) is 2. The molecule has 0 aromatic heterocycles. The lowest BCUT2D eigenvalue weighted by Gasteiger charge is -2.12. The third kappa shape index (κ3) is 4.99. The van der Waals surface area contributed by atoms with E-state index in [2.05, 4.69) is 10.0 Å². The minimum atomic E-state index is -3.71. The second-order valence-corrected chi connectivity index (χ2v) is 8.49. The molecule has 0 atom stereocenters. The molecule has 0 heterocycles. The van der Waals surface area contributed by atoms with Crippen LogP contribution in [0, 0.1) is 13.8 Å². The first-order valence-electron chi connectivity index (χ1n) is 9.53. The van der Waals surface area contributed by atoms with E-state index in [-0.39, 0.29) is 10.8 Å². The van der Waals surface area contributed by atoms with Gasteiger partial charge in [-0.15, -0.1) is 0 Å². The van der Waals surface area contributed by atoms with Crippen LogP contribution in [0.15, 0.2) is 71.6 Å². The number of amides is 1. The maximum absolute atomic E-state index is 12.6. The lowest BCUT2D eigenvalue weighted by Crippen LogP contribution is -2.15. The first-order chi connectivity index (χ1) is 14.3. The molecule has 0 saturated heterocycles. The van der Waals surface area contributed by atoms with Gasteiger partial charge in [-0.3, -0.25) is 9.52 Å². The summed E-state index contributed by atoms with van der Waals surface area (Å²) < 4.78 is 33.3. The molecule has 0 saturated carbocycles. The maximum Gasteiger partial charge on any atom is 0.261 e. The van der Waals surface area contributed by atoms with Crippen molar-refractivity contribution in [3.8, 4) is 5.75 Å². The normalized spacial score (nSPS) is 11.0. The fourth-order valence-corrected chi connectivity index (χ4v) is 3.97. The van der Waals surface area contributed by atoms with Crippen molar-refractivity contribution in [2.75, 3.05) is 16.6 Å². The molecule has 7 heteroatoms. The average molecular weight is 425 g/mol. The van der Waals surface area contributed by atoms with Crippen LogP contribution in [-0.4, -0.2) is 20.9 Å². The number of carbonyl (C=O) groups excluding carboxylic acids is 1. The van der Waals surface area contributed by atoms with Gasteiger partial charge in [0.1, 0.15) is 5.75 Å². The lowest BCUT2D eigenvalue weighted by molar-refractivity contribution is 0.102. The molecule has 156 valence electrons. The number of benzene rings is 3. The van der Waals surface area contributed by atoms with Crippen LogP contribution >= 0.6 is 0 Å². The minimum absolute atomic E-state index is 0.194. The highest BCUT2D eigenvalue weighted by atomic mass is 32.2. The van der Waals surface area contributed by atoms with Crippen LogP contribution < -0.4 is 14.8 Å². The predicted octanol–water partition coefficient (Wildman–Crippen LogP) is 4.76. The molecule has 2 N–H and O–H groups in total. The fourth-order valence-electron chi connectivity index (χ4n) is 2.83. The van der Waals surface area contributed by atoms with Gasteiger partial charge in [0.05, 0.1) is 17.2 Å². The monoisotopic (exact) mass is 424 g/mol. The van der Waals surface area contributed by atoms with Crippen molar-refractivity contribution < 1.29 is 17.9 Å². The number of carbonyl (C=O) groups is 1. The standard InChI is InChI=1S/C23H24N2O4S/c1-4-29-22-8-6-5-7-21(22)24-23(26)18-10-12-19(13-11-18)25-30(27,28)20-14-9-16(2)17(3)15-20/h5-15,25H,4H2,1-3H3,(H,24,26). The van der Waals surface area contributed by atoms with E-state index in [1.807, 2.05) is 32.9 Å². The van der Waals surface area contributed by atoms with Gasteiger partial charge in [-0.2, -0.15) is 0 Å². The van der Waals surface area contributed by atoms with Crippen LogP contribution in [-0.2, 0) is 10.0 Å². The van der Waals surface area contributed by atoms with E-state index in [1.54, 1.807) is 54.6 Å². The molecule has 0 unspecified atom stereocenters. The van der Waals surface area contributed by atoms with Gasteiger partial charge < -0.3 is 10.1 Å². The van der Waals surface area contributed by atoms with Gasteiger partial charge in [0.2, 0.25) is 0 Å². The maximum atomic E-state index is 12.6. The second-order valence-electron chi connectivity index (χ2n) is 6.81. The van der Waals surface area contributed by atoms with Crippen molar-refractivity contribution in [2.45, 2.75) is 25.7 Å². The summed E-state index contributed by atoms with van der Waals surface area (Å²) in [6, 6.07) is 18.4. The van der Waals surface area contributed by atoms with Crippen LogP contribution in [0.2, 0.25) is 0 Å². The molecule has 1 amide bonds. The molecule has 3 aromatic carbocycles. The van der Waals surface area contributed by atoms with E-state index in [4.69, 9.17) is 4.74 Å². The zero-order valence-electron chi connectivity index (χ0n) is 17.1. The van der Waals surface area contributed by atoms with E-state index in [0.717, 1.165) is 11.1 Å². The van der Waals surface area contributed by atoms with E-state index < -0.39 is 10.0 Å². The number of hydrogen-bond acceptors (Lipinski definition) is 4. The Labute approximate surface area is 177 Å². The zero-order chi connectivity index (χ0) is 21.7. The van der Waals surface area contributed by atoms with Crippen LogP contribution in [0.25, 0.3) is 0 Å². The molecule has 0 spiro atoms. The van der Waals surface area contributed by atoms with E-state index in [9.17, 15) is 13.2 Å². The van der Waals surface area contributed by atoms with Crippen molar-refractivity contribution in [3.63, 3.8) is 0 Å². The van der Waals surface area contributed by atoms with Crippen LogP contribution in [0.5, 0.6) is 5.75 Å². The number of aryl methyl sites for hydroxylation is 2. The molecule has 0 aliphatic heterocycles. The summed E-state index contributed by atoms with van der Waals surface area (Å²) in [6.45, 7) is 6.15. The van der Waals surface area contributed by atoms with E-state index in [1.165, 1.54) is 0 Å². The summed E-state index contributed by atoms with van der Waals surface area (Å²) in [5.74, 6) is 0.275. The predicted molar refractivity (Wildman–Crippen MR) is 119 cm³/mol. The summed E-state index contributed by atoms with van der Waals surface area (Å²) >= 11 is 0.